The van der Waals surface area contributed by atoms with Gasteiger partial charge in [-0.05, 0) is 17.7 Å². The van der Waals surface area contributed by atoms with Crippen LogP contribution in [0.1, 0.15) is 18.4 Å². The molecule has 5 nitrogen and oxygen atoms in total. The monoisotopic (exact) mass is 301 g/mol. The molecule has 0 fully saturated rings. The molecule has 114 valence electrons. The van der Waals surface area contributed by atoms with Crippen molar-refractivity contribution in [1.29, 1.82) is 0 Å². The summed E-state index contributed by atoms with van der Waals surface area (Å²) in [6, 6.07) is 5.89. The normalized spacial score (nSPS) is 13.8. The third kappa shape index (κ3) is 3.92. The Labute approximate surface area is 128 Å². The fourth-order valence-electron chi connectivity index (χ4n) is 2.13. The lowest BCUT2D eigenvalue weighted by molar-refractivity contribution is -0.129. The standard InChI is InChI=1S/C16H16FN3O2/c1-3-8-20(11-12-4-6-13(17)7-5-12)16(22)10-14-9-15(21)19(2)18-14/h1,4-7H,8-11H2,2H3. The number of hydrazone groups is 1. The number of carbonyl (C=O) groups is 2. The first-order chi connectivity index (χ1) is 10.5. The van der Waals surface area contributed by atoms with Gasteiger partial charge in [0.1, 0.15) is 5.82 Å². The molecule has 0 saturated heterocycles. The maximum atomic E-state index is 12.9. The highest BCUT2D eigenvalue weighted by molar-refractivity contribution is 6.11. The van der Waals surface area contributed by atoms with Crippen molar-refractivity contribution in [3.05, 3.63) is 35.6 Å². The van der Waals surface area contributed by atoms with Gasteiger partial charge in [-0.3, -0.25) is 9.59 Å². The second-order valence-electron chi connectivity index (χ2n) is 5.02. The lowest BCUT2D eigenvalue weighted by Crippen LogP contribution is -2.32. The van der Waals surface area contributed by atoms with Crippen molar-refractivity contribution < 1.29 is 14.0 Å². The molecule has 0 atom stereocenters. The van der Waals surface area contributed by atoms with Crippen LogP contribution in [0.5, 0.6) is 0 Å². The van der Waals surface area contributed by atoms with Gasteiger partial charge in [-0.1, -0.05) is 18.1 Å². The summed E-state index contributed by atoms with van der Waals surface area (Å²) in [5, 5.41) is 5.25. The van der Waals surface area contributed by atoms with Crippen LogP contribution in [0.2, 0.25) is 0 Å². The predicted molar refractivity (Wildman–Crippen MR) is 80.1 cm³/mol. The summed E-state index contributed by atoms with van der Waals surface area (Å²) in [4.78, 5) is 25.2. The molecule has 0 N–H and O–H groups in total. The quantitative estimate of drug-likeness (QED) is 0.772. The Kier molecular flexibility index (Phi) is 4.89. The fraction of sp³-hybridized carbons (Fsp3) is 0.312. The van der Waals surface area contributed by atoms with Gasteiger partial charge in [0.2, 0.25) is 11.8 Å². The van der Waals surface area contributed by atoms with Crippen molar-refractivity contribution in [3.63, 3.8) is 0 Å². The van der Waals surface area contributed by atoms with Gasteiger partial charge in [-0.15, -0.1) is 6.42 Å². The van der Waals surface area contributed by atoms with Crippen LogP contribution in [-0.2, 0) is 16.1 Å². The number of terminal acetylenes is 1. The Bertz CT molecular complexity index is 646. The van der Waals surface area contributed by atoms with Crippen LogP contribution in [0.25, 0.3) is 0 Å². The number of amides is 2. The molecule has 0 bridgehead atoms. The minimum absolute atomic E-state index is 0.0545. The Morgan fingerprint density at radius 1 is 1.45 bits per heavy atom. The van der Waals surface area contributed by atoms with Crippen LogP contribution in [0.15, 0.2) is 29.4 Å². The van der Waals surface area contributed by atoms with Crippen molar-refractivity contribution in [2.45, 2.75) is 19.4 Å². The van der Waals surface area contributed by atoms with Crippen molar-refractivity contribution in [2.75, 3.05) is 13.6 Å². The summed E-state index contributed by atoms with van der Waals surface area (Å²) in [7, 11) is 1.55. The highest BCUT2D eigenvalue weighted by Crippen LogP contribution is 2.12. The zero-order valence-electron chi connectivity index (χ0n) is 12.3. The van der Waals surface area contributed by atoms with E-state index in [1.807, 2.05) is 0 Å². The summed E-state index contributed by atoms with van der Waals surface area (Å²) < 4.78 is 12.9. The molecule has 1 aliphatic heterocycles. The van der Waals surface area contributed by atoms with Gasteiger partial charge in [0.25, 0.3) is 0 Å². The van der Waals surface area contributed by atoms with Crippen molar-refractivity contribution in [1.82, 2.24) is 9.91 Å². The molecule has 1 heterocycles. The molecule has 0 spiro atoms. The van der Waals surface area contributed by atoms with Gasteiger partial charge >= 0.3 is 0 Å². The number of halogens is 1. The number of benzene rings is 1. The molecule has 1 aliphatic rings. The highest BCUT2D eigenvalue weighted by atomic mass is 19.1. The minimum atomic E-state index is -0.333. The summed E-state index contributed by atoms with van der Waals surface area (Å²) in [6.07, 6.45) is 5.51. The number of carbonyl (C=O) groups excluding carboxylic acids is 2. The largest absolute Gasteiger partial charge is 0.327 e. The van der Waals surface area contributed by atoms with Crippen LogP contribution in [0.4, 0.5) is 4.39 Å². The molecule has 0 radical (unpaired) electrons. The Morgan fingerprint density at radius 3 is 2.68 bits per heavy atom. The lowest BCUT2D eigenvalue weighted by atomic mass is 10.1. The van der Waals surface area contributed by atoms with E-state index < -0.39 is 0 Å². The lowest BCUT2D eigenvalue weighted by Gasteiger charge is -2.20. The van der Waals surface area contributed by atoms with E-state index in [0.29, 0.717) is 12.3 Å². The first-order valence-corrected chi connectivity index (χ1v) is 6.78. The molecular weight excluding hydrogens is 285 g/mol. The fourth-order valence-corrected chi connectivity index (χ4v) is 2.13. The van der Waals surface area contributed by atoms with Crippen molar-refractivity contribution in [2.24, 2.45) is 5.10 Å². The third-order valence-electron chi connectivity index (χ3n) is 3.28. The molecule has 1 aromatic carbocycles. The highest BCUT2D eigenvalue weighted by Gasteiger charge is 2.24. The van der Waals surface area contributed by atoms with Crippen LogP contribution >= 0.6 is 0 Å². The average molecular weight is 301 g/mol. The van der Waals surface area contributed by atoms with Crippen molar-refractivity contribution >= 4 is 17.5 Å². The van der Waals surface area contributed by atoms with Crippen molar-refractivity contribution in [3.8, 4) is 12.3 Å². The zero-order valence-corrected chi connectivity index (χ0v) is 12.3. The molecule has 2 amide bonds. The Balaban J connectivity index is 2.02. The molecule has 22 heavy (non-hydrogen) atoms. The first-order valence-electron chi connectivity index (χ1n) is 6.78. The van der Waals surface area contributed by atoms with E-state index in [0.717, 1.165) is 5.56 Å². The van der Waals surface area contributed by atoms with E-state index in [4.69, 9.17) is 6.42 Å². The van der Waals surface area contributed by atoms with E-state index >= 15 is 0 Å². The third-order valence-corrected chi connectivity index (χ3v) is 3.28. The van der Waals surface area contributed by atoms with E-state index in [1.165, 1.54) is 22.0 Å². The van der Waals surface area contributed by atoms with Gasteiger partial charge in [0.15, 0.2) is 0 Å². The summed E-state index contributed by atoms with van der Waals surface area (Å²) >= 11 is 0. The molecule has 2 rings (SSSR count). The molecule has 0 unspecified atom stereocenters. The molecule has 0 aliphatic carbocycles. The average Bonchev–Trinajstić information content (AvgIpc) is 2.79. The first kappa shape index (κ1) is 15.7. The van der Waals surface area contributed by atoms with Gasteiger partial charge in [0.05, 0.1) is 25.1 Å². The maximum Gasteiger partial charge on any atom is 0.248 e. The van der Waals surface area contributed by atoms with Crippen LogP contribution < -0.4 is 0 Å². The smallest absolute Gasteiger partial charge is 0.248 e. The summed E-state index contributed by atoms with van der Waals surface area (Å²) in [6.45, 7) is 0.438. The van der Waals surface area contributed by atoms with Crippen LogP contribution in [0, 0.1) is 18.2 Å². The van der Waals surface area contributed by atoms with Gasteiger partial charge < -0.3 is 4.90 Å². The number of hydrogen-bond acceptors (Lipinski definition) is 3. The van der Waals surface area contributed by atoms with E-state index in [2.05, 4.69) is 11.0 Å². The SMILES string of the molecule is C#CCN(Cc1ccc(F)cc1)C(=O)CC1=NN(C)C(=O)C1. The predicted octanol–water partition coefficient (Wildman–Crippen LogP) is 1.40. The van der Waals surface area contributed by atoms with Gasteiger partial charge in [-0.25, -0.2) is 9.40 Å². The molecule has 6 heteroatoms. The van der Waals surface area contributed by atoms with Gasteiger partial charge in [0, 0.05) is 13.6 Å². The summed E-state index contributed by atoms with van der Waals surface area (Å²) in [5.74, 6) is 1.76. The molecular formula is C16H16FN3O2. The van der Waals surface area contributed by atoms with E-state index in [9.17, 15) is 14.0 Å². The minimum Gasteiger partial charge on any atom is -0.327 e. The van der Waals surface area contributed by atoms with Crippen LogP contribution in [-0.4, -0.2) is 41.0 Å². The topological polar surface area (TPSA) is 53.0 Å². The summed E-state index contributed by atoms with van der Waals surface area (Å²) in [5.41, 5.74) is 1.31. The number of nitrogens with zero attached hydrogens (tertiary/aromatic N) is 3. The zero-order chi connectivity index (χ0) is 16.1. The van der Waals surface area contributed by atoms with E-state index in [1.54, 1.807) is 19.2 Å². The maximum absolute atomic E-state index is 12.9. The number of hydrogen-bond donors (Lipinski definition) is 0. The van der Waals surface area contributed by atoms with E-state index in [-0.39, 0.29) is 37.0 Å². The Hall–Kier alpha value is -2.68. The number of rotatable bonds is 5. The van der Waals surface area contributed by atoms with Crippen LogP contribution in [0.3, 0.4) is 0 Å². The second kappa shape index (κ2) is 6.85. The molecule has 0 aromatic heterocycles. The van der Waals surface area contributed by atoms with Gasteiger partial charge in [-0.2, -0.15) is 5.10 Å². The molecule has 1 aromatic rings. The second-order valence-corrected chi connectivity index (χ2v) is 5.02. The molecule has 0 saturated carbocycles. The Morgan fingerprint density at radius 2 is 2.14 bits per heavy atom.